The van der Waals surface area contributed by atoms with E-state index in [1.54, 1.807) is 0 Å². The Kier molecular flexibility index (Phi) is 9.30. The maximum absolute atomic E-state index is 2.49. The van der Waals surface area contributed by atoms with Crippen LogP contribution in [0.2, 0.25) is 0 Å². The molecule has 0 aliphatic heterocycles. The second-order valence-electron chi connectivity index (χ2n) is 22.0. The lowest BCUT2D eigenvalue weighted by atomic mass is 9.77. The van der Waals surface area contributed by atoms with Gasteiger partial charge in [0.15, 0.2) is 0 Å². The van der Waals surface area contributed by atoms with Crippen LogP contribution >= 0.6 is 0 Å². The van der Waals surface area contributed by atoms with Crippen LogP contribution in [-0.2, 0) is 5.41 Å². The number of aromatic nitrogens is 3. The predicted octanol–water partition coefficient (Wildman–Crippen LogP) is 20.2. The lowest BCUT2D eigenvalue weighted by Crippen LogP contribution is -2.12. The second kappa shape index (κ2) is 16.4. The highest BCUT2D eigenvalue weighted by Crippen LogP contribution is 2.49. The highest BCUT2D eigenvalue weighted by molar-refractivity contribution is 6.30. The Morgan fingerprint density at radius 2 is 0.481 bits per heavy atom. The Bertz CT molecular complexity index is 4700. The van der Waals surface area contributed by atoms with Gasteiger partial charge in [-0.15, -0.1) is 0 Å². The zero-order valence-electron chi connectivity index (χ0n) is 43.1. The normalized spacial score (nSPS) is 12.4. The summed E-state index contributed by atoms with van der Waals surface area (Å²) in [4.78, 5) is 0. The molecule has 13 aromatic carbocycles. The molecule has 3 nitrogen and oxygen atoms in total. The van der Waals surface area contributed by atoms with Gasteiger partial charge < -0.3 is 13.7 Å². The van der Waals surface area contributed by atoms with Gasteiger partial charge in [-0.05, 0) is 162 Å². The Morgan fingerprint density at radius 1 is 0.234 bits per heavy atom. The van der Waals surface area contributed by atoms with E-state index < -0.39 is 0 Å². The van der Waals surface area contributed by atoms with Crippen molar-refractivity contribution in [2.45, 2.75) is 26.2 Å². The minimum atomic E-state index is -0.128. The highest BCUT2D eigenvalue weighted by atomic mass is 15.0. The van der Waals surface area contributed by atoms with E-state index in [0.29, 0.717) is 0 Å². The fraction of sp³-hybridized carbons (Fsp3) is 0.0541. The Hall–Kier alpha value is -9.70. The van der Waals surface area contributed by atoms with Crippen molar-refractivity contribution in [1.82, 2.24) is 13.7 Å². The first-order chi connectivity index (χ1) is 37.9. The van der Waals surface area contributed by atoms with Crippen molar-refractivity contribution >= 4 is 97.7 Å². The van der Waals surface area contributed by atoms with Crippen LogP contribution in [0.15, 0.2) is 255 Å². The summed E-state index contributed by atoms with van der Waals surface area (Å²) in [6.45, 7) is 7.09. The van der Waals surface area contributed by atoms with Crippen LogP contribution in [0.25, 0.3) is 148 Å². The van der Waals surface area contributed by atoms with Gasteiger partial charge in [0.25, 0.3) is 0 Å². The van der Waals surface area contributed by atoms with Crippen LogP contribution in [0.4, 0.5) is 0 Å². The molecule has 0 atom stereocenters. The first-order valence-corrected chi connectivity index (χ1v) is 26.9. The SMILES string of the molecule is CC(C)(C)c1cc(-c2ccc(-n3c4ccccc4c4ccccc43)cc2)c2ccc3c(-c4ccc(-n5c6ccccc6c6ccccc65)cc4)cc(-c4ccc(-n5c6ccccc6c6ccccc65)cc4)c4ccc1c2c34. The molecule has 0 radical (unpaired) electrons. The standard InChI is InChI=1S/C74H51N3/c1-74(2,3)65-45-64(48-32-38-51(39-33-48)77-70-26-14-8-20-56(70)57-21-9-15-27-71(57)77)60-41-40-58-62(46-28-34-49(35-29-46)75-66-22-10-4-16-52(66)53-17-5-11-23-67(53)75)44-63(59-42-43-61(65)73(60)72(58)59)47-30-36-50(37-31-47)76-68-24-12-6-18-54(68)55-19-7-13-25-69(55)76/h4-45H,1-3H3. The monoisotopic (exact) mass is 981 g/mol. The number of hydrogen-bond acceptors (Lipinski definition) is 0. The van der Waals surface area contributed by atoms with E-state index in [1.165, 1.54) is 137 Å². The molecule has 3 heteroatoms. The van der Waals surface area contributed by atoms with Gasteiger partial charge >= 0.3 is 0 Å². The molecule has 0 N–H and O–H groups in total. The third-order valence-corrected chi connectivity index (χ3v) is 16.8. The first-order valence-electron chi connectivity index (χ1n) is 26.9. The molecule has 0 fully saturated rings. The zero-order valence-corrected chi connectivity index (χ0v) is 43.1. The fourth-order valence-corrected chi connectivity index (χ4v) is 13.3. The fourth-order valence-electron chi connectivity index (χ4n) is 13.3. The maximum atomic E-state index is 2.49. The lowest BCUT2D eigenvalue weighted by Gasteiger charge is -2.26. The summed E-state index contributed by atoms with van der Waals surface area (Å²) < 4.78 is 7.23. The van der Waals surface area contributed by atoms with E-state index in [9.17, 15) is 0 Å². The predicted molar refractivity (Wildman–Crippen MR) is 328 cm³/mol. The summed E-state index contributed by atoms with van der Waals surface area (Å²) in [5.74, 6) is 0. The Labute approximate surface area is 446 Å². The molecule has 0 unspecified atom stereocenters. The molecule has 0 aliphatic rings. The Balaban J connectivity index is 0.918. The van der Waals surface area contributed by atoms with Crippen molar-refractivity contribution in [2.75, 3.05) is 0 Å². The third-order valence-electron chi connectivity index (χ3n) is 16.8. The van der Waals surface area contributed by atoms with Gasteiger partial charge in [-0.3, -0.25) is 0 Å². The molecule has 0 spiro atoms. The van der Waals surface area contributed by atoms with Crippen LogP contribution in [0, 0.1) is 0 Å². The van der Waals surface area contributed by atoms with Gasteiger partial charge in [0.05, 0.1) is 33.1 Å². The van der Waals surface area contributed by atoms with Gasteiger partial charge in [0.2, 0.25) is 0 Å². The highest BCUT2D eigenvalue weighted by Gasteiger charge is 2.25. The van der Waals surface area contributed by atoms with E-state index in [-0.39, 0.29) is 5.41 Å². The topological polar surface area (TPSA) is 14.8 Å². The van der Waals surface area contributed by atoms with Crippen molar-refractivity contribution in [3.05, 3.63) is 260 Å². The molecule has 0 aliphatic carbocycles. The molecular weight excluding hydrogens is 931 g/mol. The number of benzene rings is 13. The maximum Gasteiger partial charge on any atom is 0.0541 e. The number of fused-ring (bicyclic) bond motifs is 9. The second-order valence-corrected chi connectivity index (χ2v) is 22.0. The summed E-state index contributed by atoms with van der Waals surface area (Å²) in [6.07, 6.45) is 0. The lowest BCUT2D eigenvalue weighted by molar-refractivity contribution is 0.596. The number of rotatable bonds is 6. The number of para-hydroxylation sites is 6. The summed E-state index contributed by atoms with van der Waals surface area (Å²) in [5.41, 5.74) is 19.2. The minimum Gasteiger partial charge on any atom is -0.309 e. The summed E-state index contributed by atoms with van der Waals surface area (Å²) in [6, 6.07) is 95.1. The molecule has 0 saturated carbocycles. The van der Waals surface area contributed by atoms with E-state index >= 15 is 0 Å². The third kappa shape index (κ3) is 6.44. The Morgan fingerprint density at radius 3 is 0.766 bits per heavy atom. The van der Waals surface area contributed by atoms with Crippen LogP contribution < -0.4 is 0 Å². The zero-order chi connectivity index (χ0) is 51.1. The molecule has 0 saturated heterocycles. The van der Waals surface area contributed by atoms with Crippen molar-refractivity contribution in [3.63, 3.8) is 0 Å². The molecule has 77 heavy (non-hydrogen) atoms. The first kappa shape index (κ1) is 43.7. The van der Waals surface area contributed by atoms with Crippen molar-refractivity contribution < 1.29 is 0 Å². The molecule has 0 bridgehead atoms. The molecule has 362 valence electrons. The van der Waals surface area contributed by atoms with Gasteiger partial charge in [-0.2, -0.15) is 0 Å². The minimum absolute atomic E-state index is 0.128. The molecule has 16 rings (SSSR count). The summed E-state index contributed by atoms with van der Waals surface area (Å²) in [7, 11) is 0. The summed E-state index contributed by atoms with van der Waals surface area (Å²) in [5, 5.41) is 15.3. The van der Waals surface area contributed by atoms with E-state index in [4.69, 9.17) is 0 Å². The quantitative estimate of drug-likeness (QED) is 0.148. The van der Waals surface area contributed by atoms with Crippen LogP contribution in [0.3, 0.4) is 0 Å². The van der Waals surface area contributed by atoms with Crippen LogP contribution in [0.5, 0.6) is 0 Å². The van der Waals surface area contributed by atoms with E-state index in [1.807, 2.05) is 0 Å². The molecule has 3 aromatic heterocycles. The summed E-state index contributed by atoms with van der Waals surface area (Å²) >= 11 is 0. The smallest absolute Gasteiger partial charge is 0.0541 e. The average Bonchev–Trinajstić information content (AvgIpc) is 4.24. The molecule has 0 amide bonds. The van der Waals surface area contributed by atoms with Crippen LogP contribution in [0.1, 0.15) is 26.3 Å². The number of hydrogen-bond donors (Lipinski definition) is 0. The van der Waals surface area contributed by atoms with Crippen molar-refractivity contribution in [2.24, 2.45) is 0 Å². The van der Waals surface area contributed by atoms with E-state index in [0.717, 1.165) is 17.1 Å². The van der Waals surface area contributed by atoms with Gasteiger partial charge in [-0.1, -0.05) is 191 Å². The molecule has 16 aromatic rings. The van der Waals surface area contributed by atoms with Crippen molar-refractivity contribution in [3.8, 4) is 50.4 Å². The molecule has 3 heterocycles. The largest absolute Gasteiger partial charge is 0.309 e. The van der Waals surface area contributed by atoms with Crippen molar-refractivity contribution in [1.29, 1.82) is 0 Å². The van der Waals surface area contributed by atoms with Gasteiger partial charge in [0, 0.05) is 49.4 Å². The van der Waals surface area contributed by atoms with Crippen LogP contribution in [-0.4, -0.2) is 13.7 Å². The van der Waals surface area contributed by atoms with E-state index in [2.05, 4.69) is 289 Å². The average molecular weight is 982 g/mol. The number of nitrogens with zero attached hydrogens (tertiary/aromatic N) is 3. The van der Waals surface area contributed by atoms with Gasteiger partial charge in [0.1, 0.15) is 0 Å². The molecular formula is C74H51N3. The van der Waals surface area contributed by atoms with Gasteiger partial charge in [-0.25, -0.2) is 0 Å².